The molecular formula is C16H19FN2O. The lowest BCUT2D eigenvalue weighted by atomic mass is 10.1. The molecule has 1 saturated carbocycles. The summed E-state index contributed by atoms with van der Waals surface area (Å²) in [4.78, 5) is 11.9. The summed E-state index contributed by atoms with van der Waals surface area (Å²) in [5.41, 5.74) is 5.93. The van der Waals surface area contributed by atoms with Crippen LogP contribution < -0.4 is 11.1 Å². The van der Waals surface area contributed by atoms with Gasteiger partial charge in [-0.15, -0.1) is 0 Å². The highest BCUT2D eigenvalue weighted by Gasteiger charge is 2.20. The average Bonchev–Trinajstić information content (AvgIpc) is 3.26. The molecule has 0 aliphatic heterocycles. The molecule has 3 nitrogen and oxygen atoms in total. The molecule has 1 fully saturated rings. The maximum absolute atomic E-state index is 13.7. The first-order chi connectivity index (χ1) is 9.70. The fourth-order valence-corrected chi connectivity index (χ4v) is 2.02. The minimum absolute atomic E-state index is 0.0419. The first kappa shape index (κ1) is 14.5. The Morgan fingerprint density at radius 1 is 1.45 bits per heavy atom. The van der Waals surface area contributed by atoms with Crippen molar-refractivity contribution < 1.29 is 9.18 Å². The Morgan fingerprint density at radius 2 is 2.25 bits per heavy atom. The minimum atomic E-state index is -0.525. The molecule has 106 valence electrons. The van der Waals surface area contributed by atoms with Gasteiger partial charge in [-0.3, -0.25) is 4.79 Å². The fraction of sp³-hybridized carbons (Fsp3) is 0.438. The van der Waals surface area contributed by atoms with Gasteiger partial charge < -0.3 is 11.1 Å². The molecule has 0 unspecified atom stereocenters. The molecule has 4 heteroatoms. The highest BCUT2D eigenvalue weighted by atomic mass is 19.1. The number of rotatable bonds is 5. The van der Waals surface area contributed by atoms with Crippen molar-refractivity contribution in [2.24, 2.45) is 11.7 Å². The van der Waals surface area contributed by atoms with Crippen molar-refractivity contribution in [2.45, 2.75) is 25.7 Å². The van der Waals surface area contributed by atoms with Gasteiger partial charge in [0.2, 0.25) is 0 Å². The van der Waals surface area contributed by atoms with E-state index < -0.39 is 5.82 Å². The number of benzene rings is 1. The molecule has 0 atom stereocenters. The summed E-state index contributed by atoms with van der Waals surface area (Å²) >= 11 is 0. The summed E-state index contributed by atoms with van der Waals surface area (Å²) in [5, 5.41) is 2.75. The van der Waals surface area contributed by atoms with Gasteiger partial charge >= 0.3 is 0 Å². The van der Waals surface area contributed by atoms with Crippen molar-refractivity contribution in [3.63, 3.8) is 0 Å². The number of carbonyl (C=O) groups excluding carboxylic acids is 1. The first-order valence-electron chi connectivity index (χ1n) is 6.97. The van der Waals surface area contributed by atoms with E-state index in [1.165, 1.54) is 25.0 Å². The van der Waals surface area contributed by atoms with Gasteiger partial charge in [0.15, 0.2) is 0 Å². The number of hydrogen-bond acceptors (Lipinski definition) is 2. The van der Waals surface area contributed by atoms with Crippen molar-refractivity contribution in [3.8, 4) is 11.8 Å². The molecule has 1 aliphatic rings. The second-order valence-electron chi connectivity index (χ2n) is 5.04. The number of hydrogen-bond donors (Lipinski definition) is 2. The lowest BCUT2D eigenvalue weighted by Gasteiger charge is -2.06. The minimum Gasteiger partial charge on any atom is -0.352 e. The Kier molecular flexibility index (Phi) is 5.14. The molecule has 20 heavy (non-hydrogen) atoms. The third-order valence-electron chi connectivity index (χ3n) is 3.32. The third kappa shape index (κ3) is 4.36. The van der Waals surface area contributed by atoms with Crippen LogP contribution in [0.1, 0.15) is 41.6 Å². The lowest BCUT2D eigenvalue weighted by Crippen LogP contribution is -2.25. The Balaban J connectivity index is 1.92. The summed E-state index contributed by atoms with van der Waals surface area (Å²) in [7, 11) is 0. The van der Waals surface area contributed by atoms with E-state index in [1.54, 1.807) is 6.07 Å². The zero-order valence-electron chi connectivity index (χ0n) is 11.4. The van der Waals surface area contributed by atoms with Gasteiger partial charge in [0.1, 0.15) is 5.82 Å². The highest BCUT2D eigenvalue weighted by Crippen LogP contribution is 2.33. The van der Waals surface area contributed by atoms with Gasteiger partial charge in [0.05, 0.1) is 12.1 Å². The number of halogens is 1. The third-order valence-corrected chi connectivity index (χ3v) is 3.32. The van der Waals surface area contributed by atoms with Crippen molar-refractivity contribution in [3.05, 3.63) is 35.1 Å². The van der Waals surface area contributed by atoms with Crippen LogP contribution in [0.2, 0.25) is 0 Å². The fourth-order valence-electron chi connectivity index (χ4n) is 2.02. The van der Waals surface area contributed by atoms with Gasteiger partial charge in [-0.05, 0) is 37.0 Å². The van der Waals surface area contributed by atoms with E-state index in [0.29, 0.717) is 12.1 Å². The Labute approximate surface area is 118 Å². The molecule has 2 rings (SSSR count). The van der Waals surface area contributed by atoms with Crippen LogP contribution in [0.3, 0.4) is 0 Å². The summed E-state index contributed by atoms with van der Waals surface area (Å²) < 4.78 is 13.7. The quantitative estimate of drug-likeness (QED) is 0.638. The molecule has 3 N–H and O–H groups in total. The molecular weight excluding hydrogens is 255 g/mol. The van der Waals surface area contributed by atoms with E-state index in [2.05, 4.69) is 17.2 Å². The smallest absolute Gasteiger partial charge is 0.254 e. The van der Waals surface area contributed by atoms with Crippen LogP contribution in [0.25, 0.3) is 0 Å². The number of nitrogens with one attached hydrogen (secondary N) is 1. The summed E-state index contributed by atoms with van der Waals surface area (Å²) in [6.07, 6.45) is 4.71. The normalized spacial score (nSPS) is 13.5. The van der Waals surface area contributed by atoms with Crippen molar-refractivity contribution in [1.82, 2.24) is 5.32 Å². The first-order valence-corrected chi connectivity index (χ1v) is 6.97. The van der Waals surface area contributed by atoms with Gasteiger partial charge in [0, 0.05) is 12.1 Å². The number of amides is 1. The molecule has 0 radical (unpaired) electrons. The topological polar surface area (TPSA) is 55.1 Å². The zero-order chi connectivity index (χ0) is 14.4. The van der Waals surface area contributed by atoms with Gasteiger partial charge in [-0.1, -0.05) is 24.7 Å². The average molecular weight is 274 g/mol. The van der Waals surface area contributed by atoms with Gasteiger partial charge in [0.25, 0.3) is 5.91 Å². The Bertz CT molecular complexity index is 541. The standard InChI is InChI=1S/C16H19FN2O/c17-15-8-7-13(3-1-9-18)11-14(15)16(20)19-10-2-4-12-5-6-12/h7-8,11-12H,2,4-6,9-10,18H2,(H,19,20). The van der Waals surface area contributed by atoms with Crippen LogP contribution in [-0.4, -0.2) is 19.0 Å². The molecule has 0 aromatic heterocycles. The molecule has 0 bridgehead atoms. The van der Waals surface area contributed by atoms with E-state index in [4.69, 9.17) is 5.73 Å². The second-order valence-corrected chi connectivity index (χ2v) is 5.04. The van der Waals surface area contributed by atoms with Gasteiger partial charge in [-0.25, -0.2) is 4.39 Å². The Hall–Kier alpha value is -1.86. The van der Waals surface area contributed by atoms with Crippen LogP contribution in [0.5, 0.6) is 0 Å². The predicted molar refractivity (Wildman–Crippen MR) is 76.6 cm³/mol. The summed E-state index contributed by atoms with van der Waals surface area (Å²) in [6.45, 7) is 0.827. The maximum Gasteiger partial charge on any atom is 0.254 e. The van der Waals surface area contributed by atoms with E-state index in [0.717, 1.165) is 18.8 Å². The van der Waals surface area contributed by atoms with Crippen LogP contribution in [0.15, 0.2) is 18.2 Å². The van der Waals surface area contributed by atoms with E-state index in [1.807, 2.05) is 0 Å². The summed E-state index contributed by atoms with van der Waals surface area (Å²) in [6, 6.07) is 4.27. The van der Waals surface area contributed by atoms with E-state index >= 15 is 0 Å². The molecule has 1 aromatic rings. The van der Waals surface area contributed by atoms with E-state index in [-0.39, 0.29) is 18.0 Å². The van der Waals surface area contributed by atoms with Crippen LogP contribution in [0, 0.1) is 23.6 Å². The van der Waals surface area contributed by atoms with Crippen LogP contribution in [0.4, 0.5) is 4.39 Å². The van der Waals surface area contributed by atoms with Crippen LogP contribution >= 0.6 is 0 Å². The number of nitrogens with two attached hydrogens (primary N) is 1. The maximum atomic E-state index is 13.7. The van der Waals surface area contributed by atoms with Crippen molar-refractivity contribution >= 4 is 5.91 Å². The molecule has 1 amide bonds. The molecule has 0 spiro atoms. The molecule has 1 aromatic carbocycles. The highest BCUT2D eigenvalue weighted by molar-refractivity contribution is 5.94. The van der Waals surface area contributed by atoms with Crippen LogP contribution in [-0.2, 0) is 0 Å². The molecule has 1 aliphatic carbocycles. The monoisotopic (exact) mass is 274 g/mol. The largest absolute Gasteiger partial charge is 0.352 e. The number of carbonyl (C=O) groups is 1. The summed E-state index contributed by atoms with van der Waals surface area (Å²) in [5.74, 6) is 5.42. The molecule has 0 saturated heterocycles. The lowest BCUT2D eigenvalue weighted by molar-refractivity contribution is 0.0948. The SMILES string of the molecule is NCC#Cc1ccc(F)c(C(=O)NCCCC2CC2)c1. The second kappa shape index (κ2) is 7.06. The predicted octanol–water partition coefficient (Wildman–Crippen LogP) is 2.06. The zero-order valence-corrected chi connectivity index (χ0v) is 11.4. The Morgan fingerprint density at radius 3 is 2.95 bits per heavy atom. The van der Waals surface area contributed by atoms with Crippen molar-refractivity contribution in [1.29, 1.82) is 0 Å². The van der Waals surface area contributed by atoms with Gasteiger partial charge in [-0.2, -0.15) is 0 Å². The van der Waals surface area contributed by atoms with Crippen molar-refractivity contribution in [2.75, 3.05) is 13.1 Å². The molecule has 0 heterocycles. The van der Waals surface area contributed by atoms with E-state index in [9.17, 15) is 9.18 Å².